The minimum atomic E-state index is 0.394. The second kappa shape index (κ2) is 7.84. The van der Waals surface area contributed by atoms with Crippen molar-refractivity contribution < 1.29 is 4.74 Å². The lowest BCUT2D eigenvalue weighted by atomic mass is 9.92. The third-order valence-corrected chi connectivity index (χ3v) is 3.88. The maximum Gasteiger partial charge on any atom is 0.119 e. The normalized spacial score (nSPS) is 12.0. The highest BCUT2D eigenvalue weighted by Gasteiger charge is 2.08. The summed E-state index contributed by atoms with van der Waals surface area (Å²) in [6.07, 6.45) is 2.35. The zero-order chi connectivity index (χ0) is 15.9. The van der Waals surface area contributed by atoms with Crippen molar-refractivity contribution in [1.29, 1.82) is 0 Å². The number of rotatable bonds is 7. The average Bonchev–Trinajstić information content (AvgIpc) is 2.54. The van der Waals surface area contributed by atoms with Gasteiger partial charge >= 0.3 is 0 Å². The fourth-order valence-corrected chi connectivity index (χ4v) is 2.51. The molecule has 0 bridgehead atoms. The molecular formula is C21H26O. The summed E-state index contributed by atoms with van der Waals surface area (Å²) in [5.41, 5.74) is 5.12. The minimum Gasteiger partial charge on any atom is -0.489 e. The van der Waals surface area contributed by atoms with E-state index in [1.54, 1.807) is 0 Å². The molecule has 0 aliphatic heterocycles. The standard InChI is InChI=1S/C21H26O/c1-5-6-18-7-9-19(10-8-18)17(4)20-11-13-21(14-12-20)22-15-16(2)3/h7-14,17H,2,5-6,15H2,1,3-4H3. The zero-order valence-electron chi connectivity index (χ0n) is 13.9. The van der Waals surface area contributed by atoms with Gasteiger partial charge in [-0.25, -0.2) is 0 Å². The van der Waals surface area contributed by atoms with Crippen molar-refractivity contribution in [3.05, 3.63) is 77.4 Å². The molecule has 1 heteroatoms. The van der Waals surface area contributed by atoms with E-state index in [2.05, 4.69) is 56.8 Å². The Morgan fingerprint density at radius 2 is 1.55 bits per heavy atom. The van der Waals surface area contributed by atoms with Gasteiger partial charge in [0.2, 0.25) is 0 Å². The molecule has 1 nitrogen and oxygen atoms in total. The quantitative estimate of drug-likeness (QED) is 0.591. The largest absolute Gasteiger partial charge is 0.489 e. The highest BCUT2D eigenvalue weighted by atomic mass is 16.5. The molecule has 0 N–H and O–H groups in total. The van der Waals surface area contributed by atoms with Crippen molar-refractivity contribution in [2.24, 2.45) is 0 Å². The van der Waals surface area contributed by atoms with E-state index >= 15 is 0 Å². The number of ether oxygens (including phenoxy) is 1. The van der Waals surface area contributed by atoms with E-state index in [9.17, 15) is 0 Å². The van der Waals surface area contributed by atoms with E-state index in [1.807, 2.05) is 19.1 Å². The first-order valence-electron chi connectivity index (χ1n) is 8.06. The Kier molecular flexibility index (Phi) is 5.83. The van der Waals surface area contributed by atoms with E-state index in [-0.39, 0.29) is 0 Å². The van der Waals surface area contributed by atoms with Gasteiger partial charge in [0, 0.05) is 5.92 Å². The van der Waals surface area contributed by atoms with E-state index in [0.717, 1.165) is 17.7 Å². The van der Waals surface area contributed by atoms with Gasteiger partial charge in [-0.15, -0.1) is 0 Å². The van der Waals surface area contributed by atoms with Crippen LogP contribution in [0.2, 0.25) is 0 Å². The van der Waals surface area contributed by atoms with Gasteiger partial charge in [0.15, 0.2) is 0 Å². The molecule has 0 aromatic heterocycles. The van der Waals surface area contributed by atoms with Crippen LogP contribution in [0.3, 0.4) is 0 Å². The molecule has 0 spiro atoms. The highest BCUT2D eigenvalue weighted by molar-refractivity contribution is 5.36. The second-order valence-corrected chi connectivity index (χ2v) is 6.03. The van der Waals surface area contributed by atoms with Crippen LogP contribution in [-0.4, -0.2) is 6.61 Å². The van der Waals surface area contributed by atoms with Gasteiger partial charge in [0.25, 0.3) is 0 Å². The van der Waals surface area contributed by atoms with Gasteiger partial charge in [0.05, 0.1) is 0 Å². The number of hydrogen-bond donors (Lipinski definition) is 0. The first-order valence-corrected chi connectivity index (χ1v) is 8.06. The van der Waals surface area contributed by atoms with Crippen LogP contribution >= 0.6 is 0 Å². The molecule has 0 aliphatic rings. The Morgan fingerprint density at radius 3 is 2.05 bits per heavy atom. The molecule has 0 aliphatic carbocycles. The van der Waals surface area contributed by atoms with Crippen molar-refractivity contribution in [3.8, 4) is 5.75 Å². The van der Waals surface area contributed by atoms with Crippen LogP contribution in [0.5, 0.6) is 5.75 Å². The minimum absolute atomic E-state index is 0.394. The van der Waals surface area contributed by atoms with Gasteiger partial charge in [0.1, 0.15) is 12.4 Å². The topological polar surface area (TPSA) is 9.23 Å². The molecule has 116 valence electrons. The molecule has 0 saturated heterocycles. The Morgan fingerprint density at radius 1 is 1.00 bits per heavy atom. The number of hydrogen-bond acceptors (Lipinski definition) is 1. The van der Waals surface area contributed by atoms with Crippen LogP contribution in [0.15, 0.2) is 60.7 Å². The summed E-state index contributed by atoms with van der Waals surface area (Å²) < 4.78 is 5.65. The van der Waals surface area contributed by atoms with E-state index in [0.29, 0.717) is 12.5 Å². The lowest BCUT2D eigenvalue weighted by molar-refractivity contribution is 0.352. The number of aryl methyl sites for hydroxylation is 1. The Bertz CT molecular complexity index is 593. The monoisotopic (exact) mass is 294 g/mol. The lowest BCUT2D eigenvalue weighted by Gasteiger charge is -2.14. The molecule has 2 aromatic rings. The number of benzene rings is 2. The van der Waals surface area contributed by atoms with Crippen molar-refractivity contribution in [1.82, 2.24) is 0 Å². The van der Waals surface area contributed by atoms with Crippen LogP contribution in [0, 0.1) is 0 Å². The molecule has 22 heavy (non-hydrogen) atoms. The van der Waals surface area contributed by atoms with E-state index < -0.39 is 0 Å². The molecule has 1 unspecified atom stereocenters. The maximum atomic E-state index is 5.65. The van der Waals surface area contributed by atoms with Crippen molar-refractivity contribution >= 4 is 0 Å². The third-order valence-electron chi connectivity index (χ3n) is 3.88. The van der Waals surface area contributed by atoms with Crippen LogP contribution in [0.25, 0.3) is 0 Å². The molecule has 2 aromatic carbocycles. The zero-order valence-corrected chi connectivity index (χ0v) is 13.9. The van der Waals surface area contributed by atoms with Gasteiger partial charge < -0.3 is 4.74 Å². The molecule has 1 atom stereocenters. The highest BCUT2D eigenvalue weighted by Crippen LogP contribution is 2.26. The summed E-state index contributed by atoms with van der Waals surface area (Å²) in [6.45, 7) is 10.9. The SMILES string of the molecule is C=C(C)COc1ccc(C(C)c2ccc(CCC)cc2)cc1. The first kappa shape index (κ1) is 16.4. The summed E-state index contributed by atoms with van der Waals surface area (Å²) >= 11 is 0. The molecule has 0 saturated carbocycles. The van der Waals surface area contributed by atoms with Crippen molar-refractivity contribution in [3.63, 3.8) is 0 Å². The fraction of sp³-hybridized carbons (Fsp3) is 0.333. The molecule has 0 amide bonds. The van der Waals surface area contributed by atoms with E-state index in [1.165, 1.54) is 23.1 Å². The van der Waals surface area contributed by atoms with Crippen LogP contribution in [0.4, 0.5) is 0 Å². The Hall–Kier alpha value is -2.02. The average molecular weight is 294 g/mol. The molecule has 0 radical (unpaired) electrons. The summed E-state index contributed by atoms with van der Waals surface area (Å²) in [7, 11) is 0. The van der Waals surface area contributed by atoms with Crippen LogP contribution in [0.1, 0.15) is 49.8 Å². The van der Waals surface area contributed by atoms with E-state index in [4.69, 9.17) is 4.74 Å². The Labute approximate surface area is 134 Å². The van der Waals surface area contributed by atoms with Crippen molar-refractivity contribution in [2.45, 2.75) is 39.5 Å². The van der Waals surface area contributed by atoms with Crippen LogP contribution in [-0.2, 0) is 6.42 Å². The summed E-state index contributed by atoms with van der Waals surface area (Å²) in [5, 5.41) is 0. The van der Waals surface area contributed by atoms with Crippen LogP contribution < -0.4 is 4.74 Å². The Balaban J connectivity index is 2.05. The molecule has 2 rings (SSSR count). The predicted octanol–water partition coefficient (Wildman–Crippen LogP) is 5.75. The first-order chi connectivity index (χ1) is 10.6. The van der Waals surface area contributed by atoms with Crippen molar-refractivity contribution in [2.75, 3.05) is 6.61 Å². The van der Waals surface area contributed by atoms with Gasteiger partial charge in [-0.1, -0.05) is 63.2 Å². The lowest BCUT2D eigenvalue weighted by Crippen LogP contribution is -1.99. The van der Waals surface area contributed by atoms with Gasteiger partial charge in [-0.2, -0.15) is 0 Å². The summed E-state index contributed by atoms with van der Waals surface area (Å²) in [4.78, 5) is 0. The predicted molar refractivity (Wildman–Crippen MR) is 94.7 cm³/mol. The van der Waals surface area contributed by atoms with Gasteiger partial charge in [-0.05, 0) is 47.7 Å². The third kappa shape index (κ3) is 4.49. The maximum absolute atomic E-state index is 5.65. The smallest absolute Gasteiger partial charge is 0.119 e. The molecular weight excluding hydrogens is 268 g/mol. The molecule has 0 heterocycles. The molecule has 0 fully saturated rings. The summed E-state index contributed by atoms with van der Waals surface area (Å²) in [6, 6.07) is 17.4. The second-order valence-electron chi connectivity index (χ2n) is 6.03. The fourth-order valence-electron chi connectivity index (χ4n) is 2.51. The summed E-state index contributed by atoms with van der Waals surface area (Å²) in [5.74, 6) is 1.29. The van der Waals surface area contributed by atoms with Gasteiger partial charge in [-0.3, -0.25) is 0 Å².